The van der Waals surface area contributed by atoms with E-state index in [-0.39, 0.29) is 35.8 Å². The maximum atomic E-state index is 13.1. The Balaban J connectivity index is 1.79. The third kappa shape index (κ3) is 5.33. The van der Waals surface area contributed by atoms with Crippen LogP contribution in [0.15, 0.2) is 41.3 Å². The lowest BCUT2D eigenvalue weighted by Gasteiger charge is -2.14. The summed E-state index contributed by atoms with van der Waals surface area (Å²) >= 11 is 0. The van der Waals surface area contributed by atoms with Crippen molar-refractivity contribution in [3.63, 3.8) is 0 Å². The minimum atomic E-state index is -4.56. The van der Waals surface area contributed by atoms with Crippen molar-refractivity contribution in [2.75, 3.05) is 26.0 Å². The van der Waals surface area contributed by atoms with Crippen LogP contribution in [0, 0.1) is 0 Å². The Morgan fingerprint density at radius 1 is 1.18 bits per heavy atom. The predicted octanol–water partition coefficient (Wildman–Crippen LogP) is 3.81. The Morgan fingerprint density at radius 3 is 2.50 bits per heavy atom. The number of aryl methyl sites for hydroxylation is 2. The van der Waals surface area contributed by atoms with Crippen LogP contribution in [0.25, 0.3) is 11.0 Å². The first-order valence-corrected chi connectivity index (χ1v) is 11.8. The van der Waals surface area contributed by atoms with Gasteiger partial charge in [0.25, 0.3) is 0 Å². The van der Waals surface area contributed by atoms with Gasteiger partial charge in [-0.05, 0) is 43.3 Å². The Morgan fingerprint density at radius 2 is 1.88 bits per heavy atom. The molecule has 12 heteroatoms. The second kappa shape index (κ2) is 9.63. The normalized spacial score (nSPS) is 12.4. The summed E-state index contributed by atoms with van der Waals surface area (Å²) in [6.07, 6.45) is -4.42. The molecule has 1 amide bonds. The van der Waals surface area contributed by atoms with E-state index in [0.717, 1.165) is 16.4 Å². The van der Waals surface area contributed by atoms with Crippen LogP contribution >= 0.6 is 0 Å². The number of hydrogen-bond donors (Lipinski definition) is 1. The number of aromatic nitrogens is 2. The van der Waals surface area contributed by atoms with E-state index in [1.807, 2.05) is 0 Å². The molecule has 0 aliphatic rings. The zero-order valence-corrected chi connectivity index (χ0v) is 19.9. The Labute approximate surface area is 195 Å². The van der Waals surface area contributed by atoms with Gasteiger partial charge in [-0.3, -0.25) is 4.79 Å². The number of benzene rings is 2. The van der Waals surface area contributed by atoms with E-state index in [9.17, 15) is 26.4 Å². The summed E-state index contributed by atoms with van der Waals surface area (Å²) in [7, 11) is 0.979. The third-order valence-electron chi connectivity index (χ3n) is 5.18. The molecule has 1 N–H and O–H groups in total. The lowest BCUT2D eigenvalue weighted by atomic mass is 10.1. The summed E-state index contributed by atoms with van der Waals surface area (Å²) in [5.74, 6) is 0.156. The number of halogens is 3. The van der Waals surface area contributed by atoms with Crippen molar-refractivity contribution in [2.24, 2.45) is 7.05 Å². The summed E-state index contributed by atoms with van der Waals surface area (Å²) in [5, 5.41) is 2.49. The molecule has 0 saturated carbocycles. The molecule has 0 aliphatic carbocycles. The van der Waals surface area contributed by atoms with Crippen molar-refractivity contribution < 1.29 is 31.1 Å². The van der Waals surface area contributed by atoms with Gasteiger partial charge < -0.3 is 14.6 Å². The van der Waals surface area contributed by atoms with Gasteiger partial charge in [-0.15, -0.1) is 0 Å². The number of carbonyl (C=O) groups is 1. The van der Waals surface area contributed by atoms with Crippen LogP contribution < -0.4 is 10.1 Å². The predicted molar refractivity (Wildman–Crippen MR) is 121 cm³/mol. The molecule has 0 aliphatic heterocycles. The van der Waals surface area contributed by atoms with Gasteiger partial charge in [-0.1, -0.05) is 0 Å². The summed E-state index contributed by atoms with van der Waals surface area (Å²) < 4.78 is 72.2. The standard InChI is InChI=1S/C22H25F3N4O4S/c1-5-33-19-9-6-14(22(23,24)25)12-17(19)27-21(30)11-10-20-26-16-13-15(34(31,32)28(2)3)7-8-18(16)29(20)4/h6-9,12-13H,5,10-11H2,1-4H3,(H,27,30). The van der Waals surface area contributed by atoms with Crippen LogP contribution in [0.5, 0.6) is 5.75 Å². The third-order valence-corrected chi connectivity index (χ3v) is 6.99. The molecule has 0 radical (unpaired) electrons. The van der Waals surface area contributed by atoms with Gasteiger partial charge in [0.15, 0.2) is 0 Å². The van der Waals surface area contributed by atoms with Crippen LogP contribution in [0.1, 0.15) is 24.7 Å². The number of rotatable bonds is 8. The molecule has 0 bridgehead atoms. The van der Waals surface area contributed by atoms with Crippen LogP contribution in [-0.2, 0) is 34.5 Å². The SMILES string of the molecule is CCOc1ccc(C(F)(F)F)cc1NC(=O)CCc1nc2cc(S(=O)(=O)N(C)C)ccc2n1C. The number of nitrogens with one attached hydrogen (secondary N) is 1. The monoisotopic (exact) mass is 498 g/mol. The van der Waals surface area contributed by atoms with Crippen molar-refractivity contribution in [1.29, 1.82) is 0 Å². The second-order valence-electron chi connectivity index (χ2n) is 7.71. The number of ether oxygens (including phenoxy) is 1. The van der Waals surface area contributed by atoms with Gasteiger partial charge in [0, 0.05) is 34.0 Å². The Kier molecular flexibility index (Phi) is 7.22. The number of imidazole rings is 1. The van der Waals surface area contributed by atoms with Crippen LogP contribution in [-0.4, -0.2) is 48.9 Å². The van der Waals surface area contributed by atoms with E-state index < -0.39 is 27.7 Å². The average molecular weight is 499 g/mol. The van der Waals surface area contributed by atoms with Gasteiger partial charge in [0.05, 0.1) is 33.8 Å². The molecule has 1 aromatic heterocycles. The van der Waals surface area contributed by atoms with E-state index in [4.69, 9.17) is 4.74 Å². The topological polar surface area (TPSA) is 93.5 Å². The van der Waals surface area contributed by atoms with E-state index in [0.29, 0.717) is 16.9 Å². The zero-order valence-electron chi connectivity index (χ0n) is 19.1. The molecule has 0 saturated heterocycles. The molecular weight excluding hydrogens is 473 g/mol. The van der Waals surface area contributed by atoms with Gasteiger partial charge in [-0.2, -0.15) is 13.2 Å². The quantitative estimate of drug-likeness (QED) is 0.510. The molecule has 1 heterocycles. The molecule has 3 aromatic rings. The summed E-state index contributed by atoms with van der Waals surface area (Å²) in [4.78, 5) is 17.1. The first kappa shape index (κ1) is 25.5. The fraction of sp³-hybridized carbons (Fsp3) is 0.364. The number of anilines is 1. The highest BCUT2D eigenvalue weighted by molar-refractivity contribution is 7.89. The van der Waals surface area contributed by atoms with Crippen LogP contribution in [0.4, 0.5) is 18.9 Å². The van der Waals surface area contributed by atoms with Crippen LogP contribution in [0.2, 0.25) is 0 Å². The minimum absolute atomic E-state index is 0.0537. The number of hydrogen-bond acceptors (Lipinski definition) is 5. The van der Waals surface area contributed by atoms with Crippen molar-refractivity contribution in [2.45, 2.75) is 30.8 Å². The second-order valence-corrected chi connectivity index (χ2v) is 9.87. The number of sulfonamides is 1. The van der Waals surface area contributed by atoms with E-state index in [2.05, 4.69) is 10.3 Å². The number of nitrogens with zero attached hydrogens (tertiary/aromatic N) is 3. The lowest BCUT2D eigenvalue weighted by Crippen LogP contribution is -2.22. The number of fused-ring (bicyclic) bond motifs is 1. The van der Waals surface area contributed by atoms with Gasteiger partial charge in [0.1, 0.15) is 11.6 Å². The van der Waals surface area contributed by atoms with E-state index in [1.165, 1.54) is 32.3 Å². The molecule has 184 valence electrons. The summed E-state index contributed by atoms with van der Waals surface area (Å²) in [6, 6.07) is 7.49. The maximum absolute atomic E-state index is 13.1. The highest BCUT2D eigenvalue weighted by Gasteiger charge is 2.31. The number of carbonyl (C=O) groups excluding carboxylic acids is 1. The fourth-order valence-corrected chi connectivity index (χ4v) is 4.27. The average Bonchev–Trinajstić information content (AvgIpc) is 3.07. The molecule has 34 heavy (non-hydrogen) atoms. The zero-order chi connectivity index (χ0) is 25.3. The maximum Gasteiger partial charge on any atom is 0.416 e. The van der Waals surface area contributed by atoms with Crippen molar-refractivity contribution in [1.82, 2.24) is 13.9 Å². The smallest absolute Gasteiger partial charge is 0.416 e. The van der Waals surface area contributed by atoms with Crippen molar-refractivity contribution in [3.05, 3.63) is 47.8 Å². The summed E-state index contributed by atoms with van der Waals surface area (Å²) in [6.45, 7) is 1.91. The number of alkyl halides is 3. The molecule has 0 atom stereocenters. The molecule has 3 rings (SSSR count). The molecule has 2 aromatic carbocycles. The molecule has 8 nitrogen and oxygen atoms in total. The largest absolute Gasteiger partial charge is 0.492 e. The van der Waals surface area contributed by atoms with E-state index in [1.54, 1.807) is 24.6 Å². The molecule has 0 unspecified atom stereocenters. The molecule has 0 fully saturated rings. The minimum Gasteiger partial charge on any atom is -0.492 e. The van der Waals surface area contributed by atoms with Crippen LogP contribution in [0.3, 0.4) is 0 Å². The Hall–Kier alpha value is -3.12. The van der Waals surface area contributed by atoms with Crippen molar-refractivity contribution >= 4 is 32.7 Å². The Bertz CT molecular complexity index is 1320. The first-order valence-electron chi connectivity index (χ1n) is 10.4. The van der Waals surface area contributed by atoms with Gasteiger partial charge in [-0.25, -0.2) is 17.7 Å². The van der Waals surface area contributed by atoms with Gasteiger partial charge >= 0.3 is 6.18 Å². The fourth-order valence-electron chi connectivity index (χ4n) is 3.35. The van der Waals surface area contributed by atoms with E-state index >= 15 is 0 Å². The first-order chi connectivity index (χ1) is 15.8. The number of amides is 1. The molecule has 0 spiro atoms. The van der Waals surface area contributed by atoms with Crippen molar-refractivity contribution in [3.8, 4) is 5.75 Å². The summed E-state index contributed by atoms with van der Waals surface area (Å²) in [5.41, 5.74) is 0.178. The van der Waals surface area contributed by atoms with Gasteiger partial charge in [0.2, 0.25) is 15.9 Å². The molecular formula is C22H25F3N4O4S. The highest BCUT2D eigenvalue weighted by atomic mass is 32.2. The highest BCUT2D eigenvalue weighted by Crippen LogP contribution is 2.35. The lowest BCUT2D eigenvalue weighted by molar-refractivity contribution is -0.137.